The van der Waals surface area contributed by atoms with Crippen LogP contribution in [0.1, 0.15) is 74.1 Å². The smallest absolute Gasteiger partial charge is 0.491 e. The van der Waals surface area contributed by atoms with Crippen LogP contribution in [0.5, 0.6) is 5.75 Å². The van der Waals surface area contributed by atoms with Crippen LogP contribution in [0.3, 0.4) is 0 Å². The molecule has 3 aromatic rings. The Hall–Kier alpha value is -5.39. The summed E-state index contributed by atoms with van der Waals surface area (Å²) in [7, 11) is 0. The summed E-state index contributed by atoms with van der Waals surface area (Å²) in [5, 5.41) is 13.8. The normalized spacial score (nSPS) is 18.6. The number of rotatable bonds is 11. The van der Waals surface area contributed by atoms with Crippen LogP contribution in [0, 0.1) is 11.3 Å². The Morgan fingerprint density at radius 3 is 2.41 bits per heavy atom. The fourth-order valence-corrected chi connectivity index (χ4v) is 6.80. The molecule has 51 heavy (non-hydrogen) atoms. The number of fused-ring (bicyclic) bond motifs is 3. The molecule has 12 heteroatoms. The fourth-order valence-electron chi connectivity index (χ4n) is 6.80. The molecule has 2 aliphatic carbocycles. The van der Waals surface area contributed by atoms with Gasteiger partial charge in [0.05, 0.1) is 18.4 Å². The zero-order chi connectivity index (χ0) is 35.7. The minimum Gasteiger partial charge on any atom is -0.491 e. The number of benzene rings is 3. The van der Waals surface area contributed by atoms with Gasteiger partial charge in [0.15, 0.2) is 0 Å². The molecule has 1 heterocycles. The highest BCUT2D eigenvalue weighted by Gasteiger charge is 2.35. The van der Waals surface area contributed by atoms with Crippen molar-refractivity contribution in [1.82, 2.24) is 10.6 Å². The van der Waals surface area contributed by atoms with Crippen LogP contribution in [0.2, 0.25) is 0 Å². The van der Waals surface area contributed by atoms with Gasteiger partial charge in [0, 0.05) is 12.5 Å². The first-order chi connectivity index (χ1) is 24.7. The summed E-state index contributed by atoms with van der Waals surface area (Å²) >= 11 is 0. The number of nitrogens with one attached hydrogen (secondary N) is 3. The lowest BCUT2D eigenvalue weighted by Gasteiger charge is -2.22. The molecule has 1 aliphatic heterocycles. The Kier molecular flexibility index (Phi) is 11.5. The van der Waals surface area contributed by atoms with Crippen molar-refractivity contribution in [2.24, 2.45) is 5.92 Å². The molecule has 3 aliphatic rings. The van der Waals surface area contributed by atoms with Crippen LogP contribution in [0.25, 0.3) is 11.1 Å². The first-order valence-electron chi connectivity index (χ1n) is 17.5. The third-order valence-electron chi connectivity index (χ3n) is 9.39. The third kappa shape index (κ3) is 9.65. The molecule has 0 aromatic heterocycles. The maximum absolute atomic E-state index is 12.6. The number of carbonyl (C=O) groups is 4. The van der Waals surface area contributed by atoms with Crippen LogP contribution in [0.4, 0.5) is 9.59 Å². The van der Waals surface area contributed by atoms with Gasteiger partial charge in [0.25, 0.3) is 0 Å². The number of esters is 1. The van der Waals surface area contributed by atoms with Crippen molar-refractivity contribution in [2.45, 2.75) is 89.8 Å². The molecule has 3 atom stereocenters. The molecule has 12 nitrogen and oxygen atoms in total. The van der Waals surface area contributed by atoms with Gasteiger partial charge in [-0.2, -0.15) is 0 Å². The van der Waals surface area contributed by atoms with Gasteiger partial charge in [-0.05, 0) is 91.0 Å². The summed E-state index contributed by atoms with van der Waals surface area (Å²) in [6, 6.07) is 20.7. The quantitative estimate of drug-likeness (QED) is 0.0681. The van der Waals surface area contributed by atoms with Crippen LogP contribution in [-0.4, -0.2) is 55.0 Å². The van der Waals surface area contributed by atoms with E-state index in [1.54, 1.807) is 0 Å². The maximum atomic E-state index is 12.6. The molecule has 1 unspecified atom stereocenters. The lowest BCUT2D eigenvalue weighted by Crippen LogP contribution is -2.31. The first kappa shape index (κ1) is 35.4. The minimum absolute atomic E-state index is 0.0289. The SMILES string of the molecule is CC(OC(=O)C[C@@H]1C[C@@H](COc2ccc3c(c2)CCc2cc(C(=N)NC(=O)OCc4ccccc4)ccc2-3)NC1=O)OC(=O)OC1CCCCC1. The summed E-state index contributed by atoms with van der Waals surface area (Å²) in [5.74, 6) is -0.810. The highest BCUT2D eigenvalue weighted by atomic mass is 16.8. The number of ether oxygens (including phenoxy) is 5. The van der Waals surface area contributed by atoms with Crippen molar-refractivity contribution in [3.63, 3.8) is 0 Å². The Morgan fingerprint density at radius 1 is 0.922 bits per heavy atom. The minimum atomic E-state index is -1.12. The van der Waals surface area contributed by atoms with E-state index in [0.717, 1.165) is 72.8 Å². The highest BCUT2D eigenvalue weighted by Crippen LogP contribution is 2.36. The molecule has 3 aromatic carbocycles. The summed E-state index contributed by atoms with van der Waals surface area (Å²) in [5.41, 5.74) is 5.80. The van der Waals surface area contributed by atoms with Crippen LogP contribution in [-0.2, 0) is 48.0 Å². The van der Waals surface area contributed by atoms with Crippen LogP contribution in [0.15, 0.2) is 66.7 Å². The number of amidine groups is 1. The van der Waals surface area contributed by atoms with Crippen molar-refractivity contribution in [1.29, 1.82) is 5.41 Å². The van der Waals surface area contributed by atoms with Crippen molar-refractivity contribution in [3.05, 3.63) is 89.0 Å². The number of aryl methyl sites for hydroxylation is 2. The topological polar surface area (TPSA) is 162 Å². The predicted octanol–water partition coefficient (Wildman–Crippen LogP) is 6.35. The van der Waals surface area contributed by atoms with Crippen molar-refractivity contribution < 1.29 is 42.9 Å². The second-order valence-electron chi connectivity index (χ2n) is 13.2. The number of carbonyl (C=O) groups excluding carboxylic acids is 4. The maximum Gasteiger partial charge on any atom is 0.511 e. The summed E-state index contributed by atoms with van der Waals surface area (Å²) in [6.07, 6.45) is 3.72. The molecular formula is C39H43N3O9. The second kappa shape index (κ2) is 16.5. The largest absolute Gasteiger partial charge is 0.511 e. The van der Waals surface area contributed by atoms with Crippen LogP contribution >= 0.6 is 0 Å². The summed E-state index contributed by atoms with van der Waals surface area (Å²) in [6.45, 7) is 1.81. The molecule has 2 fully saturated rings. The van der Waals surface area contributed by atoms with Crippen LogP contribution < -0.4 is 15.4 Å². The van der Waals surface area contributed by atoms with E-state index in [9.17, 15) is 19.2 Å². The Bertz CT molecular complexity index is 1760. The van der Waals surface area contributed by atoms with Crippen molar-refractivity contribution >= 4 is 30.0 Å². The van der Waals surface area contributed by atoms with Gasteiger partial charge in [-0.15, -0.1) is 0 Å². The van der Waals surface area contributed by atoms with E-state index in [2.05, 4.69) is 10.6 Å². The van der Waals surface area contributed by atoms with Gasteiger partial charge in [-0.1, -0.05) is 55.0 Å². The molecule has 2 amide bonds. The standard InChI is InChI=1S/C39H43N3O9/c1-24(50-39(46)51-31-10-6-3-7-11-31)49-35(43)21-29-19-30(41-37(29)44)23-47-32-15-17-34-27(20-32)13-12-26-18-28(14-16-33(26)34)36(40)42-38(45)48-22-25-8-4-2-5-9-25/h2,4-5,8-9,14-18,20,24,29-31H,3,6-7,10-13,19,21-23H2,1H3,(H,41,44)(H2,40,42,45)/t24?,29-,30-/m0/s1. The van der Waals surface area contributed by atoms with E-state index in [0.29, 0.717) is 17.7 Å². The molecule has 6 rings (SSSR count). The zero-order valence-electron chi connectivity index (χ0n) is 28.6. The lowest BCUT2D eigenvalue weighted by molar-refractivity contribution is -0.170. The van der Waals surface area contributed by atoms with Gasteiger partial charge >= 0.3 is 18.2 Å². The average molecular weight is 698 g/mol. The molecule has 1 saturated heterocycles. The average Bonchev–Trinajstić information content (AvgIpc) is 3.47. The van der Waals surface area contributed by atoms with Gasteiger partial charge < -0.3 is 29.0 Å². The number of alkyl carbamates (subject to hydrolysis) is 1. The number of hydrogen-bond acceptors (Lipinski definition) is 10. The van der Waals surface area contributed by atoms with E-state index in [1.807, 2.05) is 66.7 Å². The van der Waals surface area contributed by atoms with Crippen molar-refractivity contribution in [2.75, 3.05) is 6.61 Å². The first-order valence-corrected chi connectivity index (χ1v) is 17.5. The van der Waals surface area contributed by atoms with E-state index >= 15 is 0 Å². The van der Waals surface area contributed by atoms with E-state index in [4.69, 9.17) is 29.1 Å². The third-order valence-corrected chi connectivity index (χ3v) is 9.39. The fraction of sp³-hybridized carbons (Fsp3) is 0.410. The van der Waals surface area contributed by atoms with Gasteiger partial charge in [-0.25, -0.2) is 9.59 Å². The molecule has 3 N–H and O–H groups in total. The molecule has 0 spiro atoms. The molecule has 0 radical (unpaired) electrons. The molecule has 1 saturated carbocycles. The van der Waals surface area contributed by atoms with Gasteiger partial charge in [0.1, 0.15) is 30.9 Å². The Labute approximate surface area is 296 Å². The highest BCUT2D eigenvalue weighted by molar-refractivity contribution is 6.05. The van der Waals surface area contributed by atoms with Gasteiger partial charge in [0.2, 0.25) is 12.2 Å². The number of amides is 2. The molecule has 268 valence electrons. The summed E-state index contributed by atoms with van der Waals surface area (Å²) in [4.78, 5) is 49.4. The van der Waals surface area contributed by atoms with E-state index < -0.39 is 30.4 Å². The second-order valence-corrected chi connectivity index (χ2v) is 13.2. The molecule has 0 bridgehead atoms. The zero-order valence-corrected chi connectivity index (χ0v) is 28.6. The predicted molar refractivity (Wildman–Crippen MR) is 186 cm³/mol. The van der Waals surface area contributed by atoms with Crippen molar-refractivity contribution in [3.8, 4) is 16.9 Å². The Morgan fingerprint density at radius 2 is 1.65 bits per heavy atom. The van der Waals surface area contributed by atoms with Gasteiger partial charge in [-0.3, -0.25) is 20.3 Å². The number of hydrogen-bond donors (Lipinski definition) is 3. The Balaban J connectivity index is 0.946. The van der Waals surface area contributed by atoms with E-state index in [1.165, 1.54) is 6.92 Å². The summed E-state index contributed by atoms with van der Waals surface area (Å²) < 4.78 is 26.9. The lowest BCUT2D eigenvalue weighted by atomic mass is 9.84. The van der Waals surface area contributed by atoms with E-state index in [-0.39, 0.29) is 43.5 Å². The monoisotopic (exact) mass is 697 g/mol. The molecular weight excluding hydrogens is 654 g/mol.